The predicted molar refractivity (Wildman–Crippen MR) is 78.7 cm³/mol. The number of benzene rings is 1. The maximum Gasteiger partial charge on any atom is 0.111 e. The molecule has 3 N–H and O–H groups in total. The van der Waals surface area contributed by atoms with E-state index in [0.29, 0.717) is 5.75 Å². The summed E-state index contributed by atoms with van der Waals surface area (Å²) in [5.74, 6) is 2.71. The van der Waals surface area contributed by atoms with Crippen molar-refractivity contribution >= 4 is 11.8 Å². The van der Waals surface area contributed by atoms with Crippen LogP contribution in [-0.4, -0.2) is 23.2 Å². The standard InChI is InChI=1S/C15H23NOS/c16-11-15(17,14-8-2-1-3-9-14)12-18-10-13-6-4-5-7-13/h1-3,8-9,13,17H,4-7,10-12,16H2. The van der Waals surface area contributed by atoms with E-state index in [4.69, 9.17) is 5.73 Å². The molecule has 0 bridgehead atoms. The van der Waals surface area contributed by atoms with Crippen LogP contribution >= 0.6 is 11.8 Å². The molecule has 2 rings (SSSR count). The number of thioether (sulfide) groups is 1. The maximum atomic E-state index is 10.6. The van der Waals surface area contributed by atoms with Crippen molar-refractivity contribution in [1.82, 2.24) is 0 Å². The summed E-state index contributed by atoms with van der Waals surface area (Å²) in [5, 5.41) is 10.6. The Hall–Kier alpha value is -0.510. The summed E-state index contributed by atoms with van der Waals surface area (Å²) in [6.45, 7) is 0.286. The Labute approximate surface area is 114 Å². The molecule has 1 aliphatic rings. The number of aliphatic hydroxyl groups is 1. The Kier molecular flexibility index (Phi) is 5.10. The summed E-state index contributed by atoms with van der Waals surface area (Å²) in [6, 6.07) is 9.80. The Morgan fingerprint density at radius 3 is 2.50 bits per heavy atom. The average Bonchev–Trinajstić information content (AvgIpc) is 2.93. The lowest BCUT2D eigenvalue weighted by Gasteiger charge is -2.27. The van der Waals surface area contributed by atoms with E-state index in [1.807, 2.05) is 42.1 Å². The minimum absolute atomic E-state index is 0.286. The number of hydrogen-bond acceptors (Lipinski definition) is 3. The van der Waals surface area contributed by atoms with Gasteiger partial charge < -0.3 is 10.8 Å². The molecule has 0 saturated heterocycles. The minimum Gasteiger partial charge on any atom is -0.383 e. The van der Waals surface area contributed by atoms with Gasteiger partial charge in [-0.05, 0) is 30.1 Å². The minimum atomic E-state index is -0.871. The molecular formula is C15H23NOS. The van der Waals surface area contributed by atoms with Crippen LogP contribution in [0.5, 0.6) is 0 Å². The average molecular weight is 265 g/mol. The SMILES string of the molecule is NCC(O)(CSCC1CCCC1)c1ccccc1. The van der Waals surface area contributed by atoms with Crippen LogP contribution in [0, 0.1) is 5.92 Å². The van der Waals surface area contributed by atoms with E-state index < -0.39 is 5.60 Å². The molecule has 0 radical (unpaired) electrons. The van der Waals surface area contributed by atoms with Gasteiger partial charge in [-0.25, -0.2) is 0 Å². The van der Waals surface area contributed by atoms with Crippen molar-refractivity contribution in [3.63, 3.8) is 0 Å². The Bertz CT molecular complexity index is 351. The first-order chi connectivity index (χ1) is 8.74. The molecule has 18 heavy (non-hydrogen) atoms. The maximum absolute atomic E-state index is 10.6. The van der Waals surface area contributed by atoms with Gasteiger partial charge in [-0.2, -0.15) is 11.8 Å². The highest BCUT2D eigenvalue weighted by atomic mass is 32.2. The zero-order valence-corrected chi connectivity index (χ0v) is 11.7. The fraction of sp³-hybridized carbons (Fsp3) is 0.600. The highest BCUT2D eigenvalue weighted by Crippen LogP contribution is 2.31. The molecule has 1 aliphatic carbocycles. The molecule has 1 aromatic rings. The molecule has 1 aromatic carbocycles. The van der Waals surface area contributed by atoms with Gasteiger partial charge in [-0.3, -0.25) is 0 Å². The summed E-state index contributed by atoms with van der Waals surface area (Å²) in [6.07, 6.45) is 5.48. The second kappa shape index (κ2) is 6.60. The third-order valence-corrected chi connectivity index (χ3v) is 5.21. The molecule has 1 saturated carbocycles. The lowest BCUT2D eigenvalue weighted by Crippen LogP contribution is -2.37. The van der Waals surface area contributed by atoms with Crippen molar-refractivity contribution in [2.45, 2.75) is 31.3 Å². The van der Waals surface area contributed by atoms with E-state index in [9.17, 15) is 5.11 Å². The highest BCUT2D eigenvalue weighted by molar-refractivity contribution is 7.99. The molecule has 1 atom stereocenters. The third kappa shape index (κ3) is 3.50. The van der Waals surface area contributed by atoms with Gasteiger partial charge in [0.25, 0.3) is 0 Å². The molecule has 0 aromatic heterocycles. The van der Waals surface area contributed by atoms with E-state index in [1.54, 1.807) is 0 Å². The molecule has 0 heterocycles. The number of rotatable bonds is 6. The Morgan fingerprint density at radius 2 is 1.89 bits per heavy atom. The van der Waals surface area contributed by atoms with Crippen LogP contribution in [-0.2, 0) is 5.60 Å². The molecule has 0 amide bonds. The monoisotopic (exact) mass is 265 g/mol. The normalized spacial score (nSPS) is 19.9. The molecule has 0 spiro atoms. The van der Waals surface area contributed by atoms with Crippen molar-refractivity contribution in [3.05, 3.63) is 35.9 Å². The topological polar surface area (TPSA) is 46.2 Å². The summed E-state index contributed by atoms with van der Waals surface area (Å²) in [4.78, 5) is 0. The van der Waals surface area contributed by atoms with Gasteiger partial charge >= 0.3 is 0 Å². The highest BCUT2D eigenvalue weighted by Gasteiger charge is 2.28. The number of hydrogen-bond donors (Lipinski definition) is 2. The van der Waals surface area contributed by atoms with Crippen molar-refractivity contribution in [3.8, 4) is 0 Å². The van der Waals surface area contributed by atoms with Gasteiger partial charge in [0.2, 0.25) is 0 Å². The van der Waals surface area contributed by atoms with Crippen LogP contribution in [0.1, 0.15) is 31.2 Å². The van der Waals surface area contributed by atoms with Crippen LogP contribution in [0.15, 0.2) is 30.3 Å². The van der Waals surface area contributed by atoms with Crippen LogP contribution in [0.3, 0.4) is 0 Å². The zero-order chi connectivity index (χ0) is 12.8. The first kappa shape index (κ1) is 13.9. The van der Waals surface area contributed by atoms with Gasteiger partial charge in [0, 0.05) is 12.3 Å². The first-order valence-electron chi connectivity index (χ1n) is 6.80. The van der Waals surface area contributed by atoms with Crippen molar-refractivity contribution in [1.29, 1.82) is 0 Å². The van der Waals surface area contributed by atoms with E-state index in [-0.39, 0.29) is 6.54 Å². The molecule has 3 heteroatoms. The summed E-state index contributed by atoms with van der Waals surface area (Å²) < 4.78 is 0. The van der Waals surface area contributed by atoms with Crippen LogP contribution in [0.25, 0.3) is 0 Å². The summed E-state index contributed by atoms with van der Waals surface area (Å²) >= 11 is 1.85. The molecule has 2 nitrogen and oxygen atoms in total. The summed E-state index contributed by atoms with van der Waals surface area (Å²) in [5.41, 5.74) is 5.84. The predicted octanol–water partition coefficient (Wildman–Crippen LogP) is 2.76. The van der Waals surface area contributed by atoms with Crippen molar-refractivity contribution in [2.24, 2.45) is 11.7 Å². The third-order valence-electron chi connectivity index (χ3n) is 3.82. The van der Waals surface area contributed by atoms with Crippen LogP contribution in [0.4, 0.5) is 0 Å². The molecule has 100 valence electrons. The largest absolute Gasteiger partial charge is 0.383 e. The zero-order valence-electron chi connectivity index (χ0n) is 10.8. The van der Waals surface area contributed by atoms with Crippen molar-refractivity contribution < 1.29 is 5.11 Å². The van der Waals surface area contributed by atoms with E-state index in [0.717, 1.165) is 17.2 Å². The van der Waals surface area contributed by atoms with Gasteiger partial charge in [0.1, 0.15) is 5.60 Å². The fourth-order valence-corrected chi connectivity index (χ4v) is 3.99. The Balaban J connectivity index is 1.87. The molecule has 1 fully saturated rings. The lowest BCUT2D eigenvalue weighted by molar-refractivity contribution is 0.0721. The van der Waals surface area contributed by atoms with Gasteiger partial charge in [-0.15, -0.1) is 0 Å². The Morgan fingerprint density at radius 1 is 1.22 bits per heavy atom. The second-order valence-electron chi connectivity index (χ2n) is 5.27. The van der Waals surface area contributed by atoms with E-state index in [2.05, 4.69) is 0 Å². The van der Waals surface area contributed by atoms with E-state index in [1.165, 1.54) is 25.7 Å². The smallest absolute Gasteiger partial charge is 0.111 e. The molecule has 0 aliphatic heterocycles. The molecule has 1 unspecified atom stereocenters. The van der Waals surface area contributed by atoms with Crippen LogP contribution < -0.4 is 5.73 Å². The fourth-order valence-electron chi connectivity index (χ4n) is 2.58. The van der Waals surface area contributed by atoms with Gasteiger partial charge in [-0.1, -0.05) is 43.2 Å². The van der Waals surface area contributed by atoms with Gasteiger partial charge in [0.05, 0.1) is 0 Å². The molecular weight excluding hydrogens is 242 g/mol. The van der Waals surface area contributed by atoms with E-state index >= 15 is 0 Å². The van der Waals surface area contributed by atoms with Crippen molar-refractivity contribution in [2.75, 3.05) is 18.1 Å². The van der Waals surface area contributed by atoms with Gasteiger partial charge in [0.15, 0.2) is 0 Å². The number of nitrogens with two attached hydrogens (primary N) is 1. The van der Waals surface area contributed by atoms with Crippen LogP contribution in [0.2, 0.25) is 0 Å². The summed E-state index contributed by atoms with van der Waals surface area (Å²) in [7, 11) is 0. The first-order valence-corrected chi connectivity index (χ1v) is 7.96. The lowest BCUT2D eigenvalue weighted by atomic mass is 9.96. The second-order valence-corrected chi connectivity index (χ2v) is 6.30. The quantitative estimate of drug-likeness (QED) is 0.831.